The third-order valence-corrected chi connectivity index (χ3v) is 3.21. The Kier molecular flexibility index (Phi) is 4.84. The summed E-state index contributed by atoms with van der Waals surface area (Å²) in [4.78, 5) is 22.1. The van der Waals surface area contributed by atoms with Crippen LogP contribution in [0.1, 0.15) is 17.3 Å². The third kappa shape index (κ3) is 3.99. The summed E-state index contributed by atoms with van der Waals surface area (Å²) in [5.41, 5.74) is 0.113. The number of benzene rings is 1. The molecule has 0 bridgehead atoms. The van der Waals surface area contributed by atoms with E-state index in [1.165, 1.54) is 24.3 Å². The molecule has 1 atom stereocenters. The summed E-state index contributed by atoms with van der Waals surface area (Å²) < 4.78 is 16.3. The van der Waals surface area contributed by atoms with Crippen molar-refractivity contribution < 1.29 is 23.6 Å². The molecular formula is C11H12O5S. The van der Waals surface area contributed by atoms with Crippen molar-refractivity contribution in [1.82, 2.24) is 0 Å². The van der Waals surface area contributed by atoms with Crippen LogP contribution in [0.2, 0.25) is 0 Å². The Morgan fingerprint density at radius 3 is 2.35 bits per heavy atom. The van der Waals surface area contributed by atoms with Gasteiger partial charge in [0.25, 0.3) is 0 Å². The van der Waals surface area contributed by atoms with E-state index in [9.17, 15) is 13.8 Å². The molecule has 1 aromatic carbocycles. The summed E-state index contributed by atoms with van der Waals surface area (Å²) in [6.45, 7) is 1.91. The molecule has 0 aliphatic carbocycles. The number of rotatable bonds is 5. The van der Waals surface area contributed by atoms with Gasteiger partial charge in [-0.1, -0.05) is 0 Å². The topological polar surface area (TPSA) is 80.7 Å². The van der Waals surface area contributed by atoms with Crippen LogP contribution >= 0.6 is 0 Å². The Morgan fingerprint density at radius 1 is 1.29 bits per heavy atom. The monoisotopic (exact) mass is 256 g/mol. The largest absolute Gasteiger partial charge is 0.478 e. The van der Waals surface area contributed by atoms with Gasteiger partial charge in [0.15, 0.2) is 0 Å². The lowest BCUT2D eigenvalue weighted by Gasteiger charge is -2.03. The number of aromatic carboxylic acids is 1. The summed E-state index contributed by atoms with van der Waals surface area (Å²) in [5.74, 6) is -1.80. The summed E-state index contributed by atoms with van der Waals surface area (Å²) >= 11 is 0. The van der Waals surface area contributed by atoms with E-state index in [1.807, 2.05) is 0 Å². The van der Waals surface area contributed by atoms with E-state index in [0.717, 1.165) is 0 Å². The van der Waals surface area contributed by atoms with Crippen molar-refractivity contribution >= 4 is 22.7 Å². The molecule has 1 unspecified atom stereocenters. The molecule has 0 aliphatic rings. The summed E-state index contributed by atoms with van der Waals surface area (Å²) in [7, 11) is -1.50. The van der Waals surface area contributed by atoms with Crippen LogP contribution in [0, 0.1) is 0 Å². The zero-order chi connectivity index (χ0) is 12.8. The van der Waals surface area contributed by atoms with E-state index in [4.69, 9.17) is 5.11 Å². The Hall–Kier alpha value is -1.69. The Bertz CT molecular complexity index is 438. The predicted octanol–water partition coefficient (Wildman–Crippen LogP) is 1.06. The van der Waals surface area contributed by atoms with Crippen molar-refractivity contribution in [3.63, 3.8) is 0 Å². The van der Waals surface area contributed by atoms with Crippen molar-refractivity contribution in [2.75, 3.05) is 12.4 Å². The van der Waals surface area contributed by atoms with Gasteiger partial charge >= 0.3 is 11.9 Å². The molecule has 0 aliphatic heterocycles. The molecule has 6 heteroatoms. The summed E-state index contributed by atoms with van der Waals surface area (Å²) in [5, 5.41) is 8.68. The second-order valence-corrected chi connectivity index (χ2v) is 4.58. The van der Waals surface area contributed by atoms with E-state index in [0.29, 0.717) is 4.90 Å². The number of hydrogen-bond donors (Lipinski definition) is 1. The zero-order valence-electron chi connectivity index (χ0n) is 9.21. The lowest BCUT2D eigenvalue weighted by molar-refractivity contribution is -0.139. The number of carboxylic acids is 1. The summed E-state index contributed by atoms with van der Waals surface area (Å²) in [6, 6.07) is 5.55. The average molecular weight is 256 g/mol. The molecule has 1 N–H and O–H groups in total. The van der Waals surface area contributed by atoms with Gasteiger partial charge < -0.3 is 9.84 Å². The van der Waals surface area contributed by atoms with E-state index in [1.54, 1.807) is 6.92 Å². The standard InChI is InChI=1S/C11H12O5S/c1-2-16-10(12)7-17(15)9-5-3-8(4-6-9)11(13)14/h3-6H,2,7H2,1H3,(H,13,14). The van der Waals surface area contributed by atoms with Crippen LogP contribution in [0.5, 0.6) is 0 Å². The average Bonchev–Trinajstić information content (AvgIpc) is 2.29. The van der Waals surface area contributed by atoms with Crippen LogP contribution in [0.15, 0.2) is 29.2 Å². The van der Waals surface area contributed by atoms with Crippen molar-refractivity contribution in [2.24, 2.45) is 0 Å². The molecule has 0 saturated carbocycles. The van der Waals surface area contributed by atoms with Gasteiger partial charge in [-0.15, -0.1) is 0 Å². The molecule has 0 saturated heterocycles. The molecular weight excluding hydrogens is 244 g/mol. The minimum Gasteiger partial charge on any atom is -0.478 e. The molecule has 0 amide bonds. The maximum Gasteiger partial charge on any atom is 0.335 e. The molecule has 92 valence electrons. The highest BCUT2D eigenvalue weighted by Crippen LogP contribution is 2.09. The van der Waals surface area contributed by atoms with Gasteiger partial charge in [-0.05, 0) is 31.2 Å². The van der Waals surface area contributed by atoms with Gasteiger partial charge in [0.05, 0.1) is 23.0 Å². The smallest absolute Gasteiger partial charge is 0.335 e. The molecule has 1 rings (SSSR count). The first-order chi connectivity index (χ1) is 8.04. The first-order valence-corrected chi connectivity index (χ1v) is 6.24. The molecule has 0 fully saturated rings. The van der Waals surface area contributed by atoms with Crippen LogP contribution < -0.4 is 0 Å². The fourth-order valence-electron chi connectivity index (χ4n) is 1.14. The minimum atomic E-state index is -1.50. The SMILES string of the molecule is CCOC(=O)CS(=O)c1ccc(C(=O)O)cc1. The molecule has 0 heterocycles. The van der Waals surface area contributed by atoms with Gasteiger partial charge in [0.1, 0.15) is 5.75 Å². The number of carbonyl (C=O) groups excluding carboxylic acids is 1. The zero-order valence-corrected chi connectivity index (χ0v) is 10.0. The lowest BCUT2D eigenvalue weighted by Crippen LogP contribution is -2.14. The quantitative estimate of drug-likeness (QED) is 0.796. The van der Waals surface area contributed by atoms with E-state index < -0.39 is 22.7 Å². The maximum absolute atomic E-state index is 11.7. The van der Waals surface area contributed by atoms with E-state index in [2.05, 4.69) is 4.74 Å². The van der Waals surface area contributed by atoms with Crippen molar-refractivity contribution in [3.05, 3.63) is 29.8 Å². The number of carboxylic acid groups (broad SMARTS) is 1. The number of esters is 1. The summed E-state index contributed by atoms with van der Waals surface area (Å²) in [6.07, 6.45) is 0. The maximum atomic E-state index is 11.7. The Morgan fingerprint density at radius 2 is 1.88 bits per heavy atom. The number of carbonyl (C=O) groups is 2. The highest BCUT2D eigenvalue weighted by molar-refractivity contribution is 7.85. The second-order valence-electron chi connectivity index (χ2n) is 3.12. The molecule has 5 nitrogen and oxygen atoms in total. The minimum absolute atomic E-state index is 0.113. The number of hydrogen-bond acceptors (Lipinski definition) is 4. The number of ether oxygens (including phenoxy) is 1. The molecule has 0 spiro atoms. The molecule has 0 aromatic heterocycles. The Labute approximate surface area is 101 Å². The van der Waals surface area contributed by atoms with E-state index >= 15 is 0 Å². The third-order valence-electron chi connectivity index (χ3n) is 1.92. The van der Waals surface area contributed by atoms with Crippen molar-refractivity contribution in [2.45, 2.75) is 11.8 Å². The van der Waals surface area contributed by atoms with Crippen molar-refractivity contribution in [1.29, 1.82) is 0 Å². The molecule has 17 heavy (non-hydrogen) atoms. The molecule has 0 radical (unpaired) electrons. The van der Waals surface area contributed by atoms with Crippen molar-refractivity contribution in [3.8, 4) is 0 Å². The van der Waals surface area contributed by atoms with Gasteiger partial charge in [-0.2, -0.15) is 0 Å². The highest BCUT2D eigenvalue weighted by Gasteiger charge is 2.11. The fourth-order valence-corrected chi connectivity index (χ4v) is 2.05. The highest BCUT2D eigenvalue weighted by atomic mass is 32.2. The first-order valence-electron chi connectivity index (χ1n) is 4.92. The second kappa shape index (κ2) is 6.15. The van der Waals surface area contributed by atoms with Gasteiger partial charge in [0.2, 0.25) is 0 Å². The van der Waals surface area contributed by atoms with Crippen LogP contribution in [0.3, 0.4) is 0 Å². The van der Waals surface area contributed by atoms with Gasteiger partial charge in [-0.25, -0.2) is 4.79 Å². The van der Waals surface area contributed by atoms with Crippen LogP contribution in [-0.2, 0) is 20.3 Å². The van der Waals surface area contributed by atoms with Gasteiger partial charge in [0, 0.05) is 4.90 Å². The Balaban J connectivity index is 2.70. The predicted molar refractivity (Wildman–Crippen MR) is 61.3 cm³/mol. The molecule has 1 aromatic rings. The van der Waals surface area contributed by atoms with Crippen LogP contribution in [0.25, 0.3) is 0 Å². The fraction of sp³-hybridized carbons (Fsp3) is 0.273. The van der Waals surface area contributed by atoms with Crippen LogP contribution in [-0.4, -0.2) is 33.6 Å². The van der Waals surface area contributed by atoms with E-state index in [-0.39, 0.29) is 17.9 Å². The lowest BCUT2D eigenvalue weighted by atomic mass is 10.2. The van der Waals surface area contributed by atoms with Gasteiger partial charge in [-0.3, -0.25) is 9.00 Å². The normalized spacial score (nSPS) is 11.8. The van der Waals surface area contributed by atoms with Crippen LogP contribution in [0.4, 0.5) is 0 Å². The first kappa shape index (κ1) is 13.4.